The van der Waals surface area contributed by atoms with Crippen molar-refractivity contribution in [3.63, 3.8) is 0 Å². The maximum absolute atomic E-state index is 13.5. The van der Waals surface area contributed by atoms with E-state index in [2.05, 4.69) is 10.6 Å². The van der Waals surface area contributed by atoms with E-state index in [4.69, 9.17) is 10.5 Å². The molecule has 1 rings (SSSR count). The second-order valence-corrected chi connectivity index (χ2v) is 6.02. The number of nitrogens with one attached hydrogen (secondary N) is 2. The van der Waals surface area contributed by atoms with Crippen LogP contribution in [0.5, 0.6) is 0 Å². The number of primary amides is 1. The fourth-order valence-electron chi connectivity index (χ4n) is 1.79. The summed E-state index contributed by atoms with van der Waals surface area (Å²) in [6.07, 6.45) is 0.785. The highest BCUT2D eigenvalue weighted by Gasteiger charge is 2.26. The van der Waals surface area contributed by atoms with E-state index in [0.29, 0.717) is 5.75 Å². The molecule has 0 saturated carbocycles. The number of nitrogens with two attached hydrogens (primary N) is 1. The Balaban J connectivity index is 2.69. The van der Waals surface area contributed by atoms with Gasteiger partial charge in [0.15, 0.2) is 6.10 Å². The molecule has 10 heteroatoms. The van der Waals surface area contributed by atoms with Crippen molar-refractivity contribution < 1.29 is 27.9 Å². The fraction of sp³-hybridized carbons (Fsp3) is 0.400. The third kappa shape index (κ3) is 6.96. The molecule has 0 spiro atoms. The average molecular weight is 375 g/mol. The van der Waals surface area contributed by atoms with Crippen LogP contribution in [-0.2, 0) is 14.3 Å². The van der Waals surface area contributed by atoms with Crippen LogP contribution in [0.3, 0.4) is 0 Å². The summed E-state index contributed by atoms with van der Waals surface area (Å²) >= 11 is 1.45. The lowest BCUT2D eigenvalue weighted by atomic mass is 10.2. The third-order valence-corrected chi connectivity index (χ3v) is 3.70. The first-order valence-corrected chi connectivity index (χ1v) is 8.65. The van der Waals surface area contributed by atoms with Crippen LogP contribution in [0.25, 0.3) is 0 Å². The van der Waals surface area contributed by atoms with Gasteiger partial charge < -0.3 is 21.1 Å². The van der Waals surface area contributed by atoms with Gasteiger partial charge in [-0.05, 0) is 37.5 Å². The van der Waals surface area contributed by atoms with Gasteiger partial charge >= 0.3 is 12.0 Å². The monoisotopic (exact) mass is 375 g/mol. The highest BCUT2D eigenvalue weighted by atomic mass is 32.2. The van der Waals surface area contributed by atoms with Gasteiger partial charge in [-0.15, -0.1) is 0 Å². The van der Waals surface area contributed by atoms with Crippen molar-refractivity contribution >= 4 is 35.4 Å². The summed E-state index contributed by atoms with van der Waals surface area (Å²) in [4.78, 5) is 35.0. The summed E-state index contributed by atoms with van der Waals surface area (Å²) < 4.78 is 31.6. The van der Waals surface area contributed by atoms with Crippen LogP contribution in [0.2, 0.25) is 0 Å². The second kappa shape index (κ2) is 9.82. The number of urea groups is 1. The Kier molecular flexibility index (Phi) is 8.12. The van der Waals surface area contributed by atoms with Gasteiger partial charge in [-0.1, -0.05) is 0 Å². The third-order valence-electron chi connectivity index (χ3n) is 3.06. The Hall–Kier alpha value is -2.36. The topological polar surface area (TPSA) is 111 Å². The highest BCUT2D eigenvalue weighted by molar-refractivity contribution is 7.98. The largest absolute Gasteiger partial charge is 0.451 e. The maximum Gasteiger partial charge on any atom is 0.329 e. The molecule has 0 aromatic heterocycles. The van der Waals surface area contributed by atoms with Gasteiger partial charge in [-0.25, -0.2) is 18.4 Å². The van der Waals surface area contributed by atoms with E-state index >= 15 is 0 Å². The number of anilines is 1. The Bertz CT molecular complexity index is 645. The van der Waals surface area contributed by atoms with Crippen molar-refractivity contribution in [2.24, 2.45) is 5.73 Å². The lowest BCUT2D eigenvalue weighted by molar-refractivity contribution is -0.155. The van der Waals surface area contributed by atoms with Crippen LogP contribution in [-0.4, -0.2) is 42.1 Å². The molecule has 1 aromatic carbocycles. The number of carbonyl (C=O) groups is 3. The lowest BCUT2D eigenvalue weighted by Gasteiger charge is -2.19. The summed E-state index contributed by atoms with van der Waals surface area (Å²) in [6, 6.07) is 0.655. The summed E-state index contributed by atoms with van der Waals surface area (Å²) in [5.41, 5.74) is 4.63. The first kappa shape index (κ1) is 20.7. The maximum atomic E-state index is 13.5. The van der Waals surface area contributed by atoms with Crippen molar-refractivity contribution in [2.75, 3.05) is 17.3 Å². The number of ether oxygens (including phenoxy) is 1. The zero-order chi connectivity index (χ0) is 19.0. The van der Waals surface area contributed by atoms with Gasteiger partial charge in [-0.3, -0.25) is 4.79 Å². The predicted octanol–water partition coefficient (Wildman–Crippen LogP) is 1.62. The molecular formula is C15H19F2N3O4S. The van der Waals surface area contributed by atoms with Gasteiger partial charge in [0.2, 0.25) is 0 Å². The van der Waals surface area contributed by atoms with Crippen molar-refractivity contribution in [3.8, 4) is 0 Å². The van der Waals surface area contributed by atoms with Crippen molar-refractivity contribution in [2.45, 2.75) is 25.5 Å². The molecule has 0 aliphatic heterocycles. The molecule has 4 N–H and O–H groups in total. The van der Waals surface area contributed by atoms with Crippen LogP contribution in [0.1, 0.15) is 13.3 Å². The SMILES string of the molecule is CSCC[C@@H](NC(N)=O)C(=O)O[C@@H](C)C(=O)Nc1cc(F)ccc1F. The minimum absolute atomic E-state index is 0.260. The molecule has 0 heterocycles. The van der Waals surface area contributed by atoms with Crippen LogP contribution < -0.4 is 16.4 Å². The molecule has 25 heavy (non-hydrogen) atoms. The first-order chi connectivity index (χ1) is 11.7. The van der Waals surface area contributed by atoms with E-state index in [1.54, 1.807) is 0 Å². The van der Waals surface area contributed by atoms with E-state index in [-0.39, 0.29) is 12.1 Å². The number of halogens is 2. The van der Waals surface area contributed by atoms with Crippen molar-refractivity contribution in [3.05, 3.63) is 29.8 Å². The minimum atomic E-state index is -1.29. The number of esters is 1. The molecule has 0 saturated heterocycles. The molecule has 0 bridgehead atoms. The Morgan fingerprint density at radius 1 is 1.32 bits per heavy atom. The van der Waals surface area contributed by atoms with Crippen LogP contribution in [0.4, 0.5) is 19.3 Å². The van der Waals surface area contributed by atoms with Gasteiger partial charge in [0, 0.05) is 6.07 Å². The average Bonchev–Trinajstić information content (AvgIpc) is 2.54. The van der Waals surface area contributed by atoms with Crippen LogP contribution in [0, 0.1) is 11.6 Å². The quantitative estimate of drug-likeness (QED) is 0.598. The summed E-state index contributed by atoms with van der Waals surface area (Å²) in [7, 11) is 0. The number of benzene rings is 1. The van der Waals surface area contributed by atoms with E-state index in [1.165, 1.54) is 18.7 Å². The highest BCUT2D eigenvalue weighted by Crippen LogP contribution is 2.16. The van der Waals surface area contributed by atoms with Gasteiger partial charge in [0.05, 0.1) is 5.69 Å². The van der Waals surface area contributed by atoms with Crippen molar-refractivity contribution in [1.29, 1.82) is 0 Å². The second-order valence-electron chi connectivity index (χ2n) is 5.04. The number of hydrogen-bond donors (Lipinski definition) is 3. The number of hydrogen-bond acceptors (Lipinski definition) is 5. The Morgan fingerprint density at radius 3 is 2.60 bits per heavy atom. The number of thioether (sulfide) groups is 1. The normalized spacial score (nSPS) is 12.8. The fourth-order valence-corrected chi connectivity index (χ4v) is 2.27. The smallest absolute Gasteiger partial charge is 0.329 e. The zero-order valence-corrected chi connectivity index (χ0v) is 14.5. The molecule has 0 aliphatic carbocycles. The van der Waals surface area contributed by atoms with Crippen LogP contribution >= 0.6 is 11.8 Å². The molecule has 138 valence electrons. The van der Waals surface area contributed by atoms with E-state index in [1.807, 2.05) is 6.26 Å². The Labute approximate surface area is 147 Å². The van der Waals surface area contributed by atoms with Gasteiger partial charge in [0.1, 0.15) is 17.7 Å². The molecule has 1 aromatic rings. The molecule has 2 atom stereocenters. The summed E-state index contributed by atoms with van der Waals surface area (Å²) in [5, 5.41) is 4.37. The summed E-state index contributed by atoms with van der Waals surface area (Å²) in [6.45, 7) is 1.26. The molecular weight excluding hydrogens is 356 g/mol. The van der Waals surface area contributed by atoms with E-state index in [9.17, 15) is 23.2 Å². The molecule has 0 unspecified atom stereocenters. The number of rotatable bonds is 8. The van der Waals surface area contributed by atoms with Gasteiger partial charge in [0.25, 0.3) is 5.91 Å². The molecule has 7 nitrogen and oxygen atoms in total. The zero-order valence-electron chi connectivity index (χ0n) is 13.7. The number of carbonyl (C=O) groups excluding carboxylic acids is 3. The van der Waals surface area contributed by atoms with Gasteiger partial charge in [-0.2, -0.15) is 11.8 Å². The Morgan fingerprint density at radius 2 is 2.00 bits per heavy atom. The standard InChI is InChI=1S/C15H19F2N3O4S/c1-8(13(21)19-12-7-9(16)3-4-10(12)17)24-14(22)11(5-6-25-2)20-15(18)23/h3-4,7-8,11H,5-6H2,1-2H3,(H,19,21)(H3,18,20,23)/t8-,11+/m0/s1. The van der Waals surface area contributed by atoms with E-state index < -0.39 is 41.7 Å². The molecule has 0 aliphatic rings. The van der Waals surface area contributed by atoms with Crippen LogP contribution in [0.15, 0.2) is 18.2 Å². The molecule has 0 radical (unpaired) electrons. The first-order valence-electron chi connectivity index (χ1n) is 7.26. The predicted molar refractivity (Wildman–Crippen MR) is 90.0 cm³/mol. The lowest BCUT2D eigenvalue weighted by Crippen LogP contribution is -2.46. The van der Waals surface area contributed by atoms with Crippen molar-refractivity contribution in [1.82, 2.24) is 5.32 Å². The molecule has 0 fully saturated rings. The van der Waals surface area contributed by atoms with E-state index in [0.717, 1.165) is 18.2 Å². The minimum Gasteiger partial charge on any atom is -0.451 e. The summed E-state index contributed by atoms with van der Waals surface area (Å²) in [5.74, 6) is -2.71. The number of amides is 3. The molecule has 3 amide bonds.